The average Bonchev–Trinajstić information content (AvgIpc) is 2.81. The van der Waals surface area contributed by atoms with Gasteiger partial charge < -0.3 is 5.32 Å². The van der Waals surface area contributed by atoms with E-state index in [4.69, 9.17) is 0 Å². The van der Waals surface area contributed by atoms with E-state index in [-0.39, 0.29) is 0 Å². The minimum atomic E-state index is 0.696. The molecule has 18 heavy (non-hydrogen) atoms. The van der Waals surface area contributed by atoms with Gasteiger partial charge in [0.2, 0.25) is 0 Å². The summed E-state index contributed by atoms with van der Waals surface area (Å²) in [6, 6.07) is 1.45. The molecule has 106 valence electrons. The summed E-state index contributed by atoms with van der Waals surface area (Å²) < 4.78 is 0. The Hall–Kier alpha value is -0.0800. The molecule has 0 amide bonds. The molecular formula is C16H32N2. The van der Waals surface area contributed by atoms with Crippen LogP contribution in [-0.2, 0) is 0 Å². The van der Waals surface area contributed by atoms with Gasteiger partial charge in [-0.3, -0.25) is 4.90 Å². The Morgan fingerprint density at radius 3 is 2.28 bits per heavy atom. The molecule has 2 rings (SSSR count). The highest BCUT2D eigenvalue weighted by Crippen LogP contribution is 2.28. The maximum absolute atomic E-state index is 3.76. The summed E-state index contributed by atoms with van der Waals surface area (Å²) in [7, 11) is 0. The van der Waals surface area contributed by atoms with E-state index in [0.717, 1.165) is 23.8 Å². The quantitative estimate of drug-likeness (QED) is 0.827. The fourth-order valence-corrected chi connectivity index (χ4v) is 3.69. The lowest BCUT2D eigenvalue weighted by atomic mass is 9.93. The fraction of sp³-hybridized carbons (Fsp3) is 1.00. The van der Waals surface area contributed by atoms with Crippen LogP contribution in [0.15, 0.2) is 0 Å². The van der Waals surface area contributed by atoms with Crippen molar-refractivity contribution in [1.82, 2.24) is 10.2 Å². The predicted octanol–water partition coefficient (Wildman–Crippen LogP) is 3.13. The van der Waals surface area contributed by atoms with Crippen LogP contribution in [0, 0.1) is 17.8 Å². The largest absolute Gasteiger partial charge is 0.311 e. The first kappa shape index (κ1) is 14.3. The van der Waals surface area contributed by atoms with Gasteiger partial charge in [-0.25, -0.2) is 0 Å². The van der Waals surface area contributed by atoms with Gasteiger partial charge in [0.25, 0.3) is 0 Å². The average molecular weight is 252 g/mol. The monoisotopic (exact) mass is 252 g/mol. The van der Waals surface area contributed by atoms with Gasteiger partial charge in [0, 0.05) is 31.7 Å². The molecule has 0 aromatic heterocycles. The number of hydrogen-bond acceptors (Lipinski definition) is 2. The van der Waals surface area contributed by atoms with Gasteiger partial charge in [-0.15, -0.1) is 0 Å². The minimum Gasteiger partial charge on any atom is -0.311 e. The van der Waals surface area contributed by atoms with Crippen molar-refractivity contribution < 1.29 is 0 Å². The number of nitrogens with zero attached hydrogens (tertiary/aromatic N) is 1. The molecule has 0 aromatic rings. The first-order valence-electron chi connectivity index (χ1n) is 8.05. The van der Waals surface area contributed by atoms with Crippen molar-refractivity contribution in [2.24, 2.45) is 17.8 Å². The SMILES string of the molecule is CC(C)C1CN(CC2CCCC2)C(C(C)C)CN1. The van der Waals surface area contributed by atoms with E-state index in [9.17, 15) is 0 Å². The van der Waals surface area contributed by atoms with Crippen LogP contribution in [-0.4, -0.2) is 36.6 Å². The second-order valence-corrected chi connectivity index (χ2v) is 7.17. The first-order valence-corrected chi connectivity index (χ1v) is 8.05. The van der Waals surface area contributed by atoms with Crippen LogP contribution in [0.3, 0.4) is 0 Å². The van der Waals surface area contributed by atoms with Crippen LogP contribution in [0.5, 0.6) is 0 Å². The van der Waals surface area contributed by atoms with E-state index < -0.39 is 0 Å². The van der Waals surface area contributed by atoms with Crippen molar-refractivity contribution in [2.45, 2.75) is 65.5 Å². The van der Waals surface area contributed by atoms with Gasteiger partial charge in [0.05, 0.1) is 0 Å². The summed E-state index contributed by atoms with van der Waals surface area (Å²) in [6.45, 7) is 13.3. The highest BCUT2D eigenvalue weighted by Gasteiger charge is 2.32. The van der Waals surface area contributed by atoms with Crippen LogP contribution in [0.2, 0.25) is 0 Å². The van der Waals surface area contributed by atoms with Crippen LogP contribution in [0.4, 0.5) is 0 Å². The molecule has 1 aliphatic heterocycles. The molecule has 2 aliphatic rings. The Bertz CT molecular complexity index is 241. The summed E-state index contributed by atoms with van der Waals surface area (Å²) in [5, 5.41) is 3.76. The summed E-state index contributed by atoms with van der Waals surface area (Å²) in [4.78, 5) is 2.81. The van der Waals surface area contributed by atoms with Crippen molar-refractivity contribution in [1.29, 1.82) is 0 Å². The molecular weight excluding hydrogens is 220 g/mol. The molecule has 0 aromatic carbocycles. The third kappa shape index (κ3) is 3.48. The lowest BCUT2D eigenvalue weighted by Crippen LogP contribution is -2.60. The van der Waals surface area contributed by atoms with Gasteiger partial charge in [0.1, 0.15) is 0 Å². The normalized spacial score (nSPS) is 31.7. The molecule has 1 N–H and O–H groups in total. The van der Waals surface area contributed by atoms with Gasteiger partial charge in [-0.2, -0.15) is 0 Å². The van der Waals surface area contributed by atoms with Crippen molar-refractivity contribution in [3.63, 3.8) is 0 Å². The highest BCUT2D eigenvalue weighted by atomic mass is 15.2. The van der Waals surface area contributed by atoms with Gasteiger partial charge >= 0.3 is 0 Å². The Morgan fingerprint density at radius 2 is 1.72 bits per heavy atom. The van der Waals surface area contributed by atoms with Crippen molar-refractivity contribution in [3.8, 4) is 0 Å². The van der Waals surface area contributed by atoms with Crippen molar-refractivity contribution in [3.05, 3.63) is 0 Å². The summed E-state index contributed by atoms with van der Waals surface area (Å²) in [5.41, 5.74) is 0. The van der Waals surface area contributed by atoms with Crippen molar-refractivity contribution in [2.75, 3.05) is 19.6 Å². The van der Waals surface area contributed by atoms with E-state index in [1.807, 2.05) is 0 Å². The van der Waals surface area contributed by atoms with E-state index >= 15 is 0 Å². The zero-order chi connectivity index (χ0) is 13.1. The summed E-state index contributed by atoms with van der Waals surface area (Å²) in [6.07, 6.45) is 5.88. The summed E-state index contributed by atoms with van der Waals surface area (Å²) >= 11 is 0. The second-order valence-electron chi connectivity index (χ2n) is 7.17. The minimum absolute atomic E-state index is 0.696. The topological polar surface area (TPSA) is 15.3 Å². The van der Waals surface area contributed by atoms with Gasteiger partial charge in [-0.1, -0.05) is 40.5 Å². The lowest BCUT2D eigenvalue weighted by molar-refractivity contribution is 0.0706. The number of piperazine rings is 1. The molecule has 2 atom stereocenters. The van der Waals surface area contributed by atoms with E-state index in [0.29, 0.717) is 6.04 Å². The third-order valence-corrected chi connectivity index (χ3v) is 5.03. The Balaban J connectivity index is 1.95. The fourth-order valence-electron chi connectivity index (χ4n) is 3.69. The Kier molecular flexibility index (Phi) is 5.08. The molecule has 0 spiro atoms. The van der Waals surface area contributed by atoms with Gasteiger partial charge in [-0.05, 0) is 30.6 Å². The van der Waals surface area contributed by atoms with Crippen LogP contribution >= 0.6 is 0 Å². The standard InChI is InChI=1S/C16H32N2/c1-12(2)15-11-18(10-14-7-5-6-8-14)16(9-17-15)13(3)4/h12-17H,5-11H2,1-4H3. The molecule has 1 heterocycles. The summed E-state index contributed by atoms with van der Waals surface area (Å²) in [5.74, 6) is 2.51. The van der Waals surface area contributed by atoms with Crippen LogP contribution < -0.4 is 5.32 Å². The maximum atomic E-state index is 3.76. The van der Waals surface area contributed by atoms with E-state index in [2.05, 4.69) is 37.9 Å². The predicted molar refractivity (Wildman–Crippen MR) is 78.8 cm³/mol. The molecule has 2 fully saturated rings. The molecule has 0 radical (unpaired) electrons. The molecule has 0 bridgehead atoms. The molecule has 2 nitrogen and oxygen atoms in total. The Morgan fingerprint density at radius 1 is 1.06 bits per heavy atom. The molecule has 2 unspecified atom stereocenters. The van der Waals surface area contributed by atoms with E-state index in [1.165, 1.54) is 45.3 Å². The molecule has 1 aliphatic carbocycles. The highest BCUT2D eigenvalue weighted by molar-refractivity contribution is 4.90. The zero-order valence-corrected chi connectivity index (χ0v) is 12.8. The van der Waals surface area contributed by atoms with Gasteiger partial charge in [0.15, 0.2) is 0 Å². The number of hydrogen-bond donors (Lipinski definition) is 1. The smallest absolute Gasteiger partial charge is 0.0244 e. The molecule has 2 heteroatoms. The molecule has 1 saturated carbocycles. The Labute approximate surface area is 114 Å². The lowest BCUT2D eigenvalue weighted by Gasteiger charge is -2.44. The molecule has 1 saturated heterocycles. The van der Waals surface area contributed by atoms with Crippen molar-refractivity contribution >= 4 is 0 Å². The first-order chi connectivity index (χ1) is 8.58. The van der Waals surface area contributed by atoms with E-state index in [1.54, 1.807) is 0 Å². The van der Waals surface area contributed by atoms with Crippen LogP contribution in [0.1, 0.15) is 53.4 Å². The number of rotatable bonds is 4. The number of nitrogens with one attached hydrogen (secondary N) is 1. The maximum Gasteiger partial charge on any atom is 0.0244 e. The zero-order valence-electron chi connectivity index (χ0n) is 12.8. The second kappa shape index (κ2) is 6.38. The van der Waals surface area contributed by atoms with Crippen LogP contribution in [0.25, 0.3) is 0 Å². The third-order valence-electron chi connectivity index (χ3n) is 5.03.